The number of rotatable bonds is 0. The molecule has 0 aromatic carbocycles. The zero-order valence-electron chi connectivity index (χ0n) is 8.43. The average Bonchev–Trinajstić information content (AvgIpc) is 0. The summed E-state index contributed by atoms with van der Waals surface area (Å²) in [5, 5.41) is 0. The van der Waals surface area contributed by atoms with Gasteiger partial charge in [0, 0.05) is 79.2 Å². The summed E-state index contributed by atoms with van der Waals surface area (Å²) in [6.45, 7) is 0. The smallest absolute Gasteiger partial charge is 2.00 e. The van der Waals surface area contributed by atoms with Crippen LogP contribution in [-0.2, 0) is 150 Å². The van der Waals surface area contributed by atoms with Gasteiger partial charge in [0.1, 0.15) is 0 Å². The van der Waals surface area contributed by atoms with E-state index < -0.39 is 0 Å². The molecule has 0 bridgehead atoms. The second kappa shape index (κ2) is 507. The van der Waals surface area contributed by atoms with Crippen molar-refractivity contribution >= 4 is 75.5 Å². The Morgan fingerprint density at radius 3 is 0.211 bits per heavy atom. The zero-order valence-corrected chi connectivity index (χ0v) is 19.7. The van der Waals surface area contributed by atoms with E-state index in [1.807, 2.05) is 0 Å². The minimum atomic E-state index is 0. The zero-order chi connectivity index (χ0) is 0. The molecular formula is Ca2Mo2O13V2-22. The predicted octanol–water partition coefficient (Wildman–Crippen LogP) is -2.32. The van der Waals surface area contributed by atoms with Crippen molar-refractivity contribution in [2.24, 2.45) is 0 Å². The molecule has 0 spiro atoms. The summed E-state index contributed by atoms with van der Waals surface area (Å²) in [7, 11) is 0. The van der Waals surface area contributed by atoms with E-state index in [1.54, 1.807) is 0 Å². The minimum absolute atomic E-state index is 0. The molecule has 0 aliphatic carbocycles. The quantitative estimate of drug-likeness (QED) is 0.272. The van der Waals surface area contributed by atoms with Gasteiger partial charge in [0.2, 0.25) is 0 Å². The maximum absolute atomic E-state index is 0. The van der Waals surface area contributed by atoms with Crippen molar-refractivity contribution in [1.82, 2.24) is 0 Å². The molecule has 0 rings (SSSR count). The minimum Gasteiger partial charge on any atom is -2.00 e. The van der Waals surface area contributed by atoms with Crippen molar-refractivity contribution in [3.8, 4) is 0 Å². The number of hydrogen-bond acceptors (Lipinski definition) is 0. The molecule has 0 saturated heterocycles. The summed E-state index contributed by atoms with van der Waals surface area (Å²) in [5.41, 5.74) is 0. The molecule has 0 saturated carbocycles. The van der Waals surface area contributed by atoms with Crippen LogP contribution in [-0.4, -0.2) is 75.5 Å². The van der Waals surface area contributed by atoms with E-state index in [1.165, 1.54) is 0 Å². The third-order valence-corrected chi connectivity index (χ3v) is 0. The van der Waals surface area contributed by atoms with E-state index in [-0.39, 0.29) is 226 Å². The van der Waals surface area contributed by atoms with Gasteiger partial charge in [0.05, 0.1) is 0 Å². The van der Waals surface area contributed by atoms with Gasteiger partial charge < -0.3 is 71.2 Å². The van der Waals surface area contributed by atoms with Crippen molar-refractivity contribution in [2.45, 2.75) is 0 Å². The molecule has 0 heterocycles. The van der Waals surface area contributed by atoms with Gasteiger partial charge in [-0.25, -0.2) is 0 Å². The summed E-state index contributed by atoms with van der Waals surface area (Å²) < 4.78 is 0. The van der Waals surface area contributed by atoms with Crippen LogP contribution in [0.5, 0.6) is 0 Å². The van der Waals surface area contributed by atoms with Crippen molar-refractivity contribution < 1.29 is 150 Å². The molecule has 126 valence electrons. The van der Waals surface area contributed by atoms with Crippen LogP contribution in [0.15, 0.2) is 0 Å². The van der Waals surface area contributed by atoms with Crippen LogP contribution in [0.3, 0.4) is 0 Å². The molecule has 0 unspecified atom stereocenters. The summed E-state index contributed by atoms with van der Waals surface area (Å²) in [4.78, 5) is 0. The van der Waals surface area contributed by atoms with E-state index in [9.17, 15) is 0 Å². The Labute approximate surface area is 222 Å². The topological polar surface area (TPSA) is 370 Å². The van der Waals surface area contributed by atoms with Gasteiger partial charge in [-0.1, -0.05) is 0 Å². The Morgan fingerprint density at radius 1 is 0.211 bits per heavy atom. The van der Waals surface area contributed by atoms with E-state index >= 15 is 0 Å². The Kier molecular flexibility index (Phi) is 15400. The maximum Gasteiger partial charge on any atom is 2.00 e. The van der Waals surface area contributed by atoms with Gasteiger partial charge in [-0.05, 0) is 0 Å². The van der Waals surface area contributed by atoms with Gasteiger partial charge >= 0.3 is 75.5 Å². The van der Waals surface area contributed by atoms with Crippen LogP contribution < -0.4 is 0 Å². The van der Waals surface area contributed by atoms with Crippen LogP contribution in [0.1, 0.15) is 0 Å². The summed E-state index contributed by atoms with van der Waals surface area (Å²) >= 11 is 0. The first-order valence-electron chi connectivity index (χ1n) is 0. The second-order valence-corrected chi connectivity index (χ2v) is 0. The second-order valence-electron chi connectivity index (χ2n) is 0. The molecule has 0 fully saturated rings. The van der Waals surface area contributed by atoms with Crippen LogP contribution in [0.4, 0.5) is 0 Å². The molecular weight excluding hydrogens is 582 g/mol. The number of hydrogen-bond donors (Lipinski definition) is 0. The monoisotopic (exact) mass is 586 g/mol. The largest absolute Gasteiger partial charge is 2.00 e. The standard InChI is InChI=1S/2Ca.2Mo.13O.2V/q2*+2;;;13*-2;;. The van der Waals surface area contributed by atoms with Crippen LogP contribution in [0.25, 0.3) is 0 Å². The Bertz CT molecular complexity index is 26.6. The van der Waals surface area contributed by atoms with Gasteiger partial charge in [-0.15, -0.1) is 0 Å². The van der Waals surface area contributed by atoms with Gasteiger partial charge in [0.25, 0.3) is 0 Å². The van der Waals surface area contributed by atoms with Crippen LogP contribution in [0, 0.1) is 0 Å². The normalized spacial score (nSPS) is 0. The van der Waals surface area contributed by atoms with Crippen molar-refractivity contribution in [1.29, 1.82) is 0 Å². The predicted molar refractivity (Wildman–Crippen MR) is 20.4 cm³/mol. The third-order valence-electron chi connectivity index (χ3n) is 0. The molecule has 0 amide bonds. The van der Waals surface area contributed by atoms with Gasteiger partial charge in [-0.2, -0.15) is 0 Å². The van der Waals surface area contributed by atoms with Gasteiger partial charge in [0.15, 0.2) is 0 Å². The Balaban J connectivity index is 0. The van der Waals surface area contributed by atoms with Crippen molar-refractivity contribution in [3.63, 3.8) is 0 Å². The van der Waals surface area contributed by atoms with Crippen molar-refractivity contribution in [2.75, 3.05) is 0 Å². The fourth-order valence-electron chi connectivity index (χ4n) is 0. The summed E-state index contributed by atoms with van der Waals surface area (Å²) in [6.07, 6.45) is 0. The average molecular weight is 582 g/mol. The molecule has 0 aromatic heterocycles. The first-order valence-corrected chi connectivity index (χ1v) is 0. The Morgan fingerprint density at radius 2 is 0.211 bits per heavy atom. The molecule has 0 aliphatic heterocycles. The molecule has 0 atom stereocenters. The van der Waals surface area contributed by atoms with E-state index in [4.69, 9.17) is 0 Å². The first-order chi connectivity index (χ1) is 0. The van der Waals surface area contributed by atoms with E-state index in [0.717, 1.165) is 0 Å². The summed E-state index contributed by atoms with van der Waals surface area (Å²) in [5.74, 6) is 0. The van der Waals surface area contributed by atoms with E-state index in [2.05, 4.69) is 0 Å². The summed E-state index contributed by atoms with van der Waals surface area (Å²) in [6, 6.07) is 0. The van der Waals surface area contributed by atoms with E-state index in [0.29, 0.717) is 0 Å². The fourth-order valence-corrected chi connectivity index (χ4v) is 0. The third kappa shape index (κ3) is 461. The first kappa shape index (κ1) is 579. The van der Waals surface area contributed by atoms with Crippen LogP contribution in [0.2, 0.25) is 0 Å². The maximum atomic E-state index is 0. The molecule has 19 heavy (non-hydrogen) atoms. The molecule has 0 N–H and O–H groups in total. The fraction of sp³-hybridized carbons (Fsp3) is 0. The van der Waals surface area contributed by atoms with Crippen LogP contribution >= 0.6 is 0 Å². The molecule has 13 nitrogen and oxygen atoms in total. The molecule has 0 aromatic rings. The molecule has 19 heteroatoms. The van der Waals surface area contributed by atoms with Gasteiger partial charge in [-0.3, -0.25) is 0 Å². The SMILES string of the molecule is [Ca+2].[Ca+2].[Mo].[Mo].[O-2].[O-2].[O-2].[O-2].[O-2].[O-2].[O-2].[O-2].[O-2].[O-2].[O-2].[O-2].[O-2].[V].[V]. The molecule has 2 radical (unpaired) electrons. The van der Waals surface area contributed by atoms with Crippen molar-refractivity contribution in [3.05, 3.63) is 0 Å². The Hall–Kier alpha value is 4.54. The molecule has 0 aliphatic rings.